The summed E-state index contributed by atoms with van der Waals surface area (Å²) in [6.45, 7) is 2.07. The molecule has 0 aromatic heterocycles. The average Bonchev–Trinajstić information content (AvgIpc) is 2.74. The van der Waals surface area contributed by atoms with Crippen molar-refractivity contribution in [2.75, 3.05) is 0 Å². The van der Waals surface area contributed by atoms with E-state index in [1.807, 2.05) is 0 Å². The Morgan fingerprint density at radius 1 is 1.26 bits per heavy atom. The molecule has 0 radical (unpaired) electrons. The zero-order valence-electron chi connectivity index (χ0n) is 11.5. The Labute approximate surface area is 114 Å². The summed E-state index contributed by atoms with van der Waals surface area (Å²) in [7, 11) is 0. The molecule has 0 spiro atoms. The molecular formula is C16H22O3. The predicted molar refractivity (Wildman–Crippen MR) is 70.5 cm³/mol. The number of allylic oxidation sites excluding steroid dienone is 2. The fourth-order valence-electron chi connectivity index (χ4n) is 4.37. The first kappa shape index (κ1) is 12.0. The number of hydrogen-bond acceptors (Lipinski definition) is 3. The van der Waals surface area contributed by atoms with E-state index in [2.05, 4.69) is 19.1 Å². The van der Waals surface area contributed by atoms with E-state index in [9.17, 15) is 4.79 Å². The van der Waals surface area contributed by atoms with Crippen LogP contribution in [0.1, 0.15) is 45.4 Å². The summed E-state index contributed by atoms with van der Waals surface area (Å²) in [6, 6.07) is 0. The summed E-state index contributed by atoms with van der Waals surface area (Å²) in [5.41, 5.74) is -0.220. The molecule has 19 heavy (non-hydrogen) atoms. The SMILES string of the molecule is CC1(OC(=O)C2OC2C2CC3C=CC2C3)CCCC1. The highest BCUT2D eigenvalue weighted by atomic mass is 16.6. The van der Waals surface area contributed by atoms with E-state index in [1.165, 1.54) is 25.7 Å². The third kappa shape index (κ3) is 2.03. The zero-order valence-corrected chi connectivity index (χ0v) is 11.5. The van der Waals surface area contributed by atoms with Gasteiger partial charge in [-0.15, -0.1) is 0 Å². The van der Waals surface area contributed by atoms with Crippen molar-refractivity contribution >= 4 is 5.97 Å². The first-order chi connectivity index (χ1) is 9.15. The van der Waals surface area contributed by atoms with Crippen molar-refractivity contribution in [1.82, 2.24) is 0 Å². The van der Waals surface area contributed by atoms with Crippen LogP contribution in [0.25, 0.3) is 0 Å². The van der Waals surface area contributed by atoms with Crippen molar-refractivity contribution in [3.05, 3.63) is 12.2 Å². The van der Waals surface area contributed by atoms with Gasteiger partial charge in [0.15, 0.2) is 6.10 Å². The second-order valence-corrected chi connectivity index (χ2v) is 7.04. The third-order valence-corrected chi connectivity index (χ3v) is 5.52. The molecule has 0 aromatic rings. The summed E-state index contributed by atoms with van der Waals surface area (Å²) in [5.74, 6) is 1.84. The quantitative estimate of drug-likeness (QED) is 0.446. The number of fused-ring (bicyclic) bond motifs is 2. The molecule has 3 aliphatic carbocycles. The second kappa shape index (κ2) is 4.08. The molecule has 0 amide bonds. The predicted octanol–water partition coefficient (Wildman–Crippen LogP) is 2.84. The molecule has 4 aliphatic rings. The molecule has 0 aromatic carbocycles. The third-order valence-electron chi connectivity index (χ3n) is 5.52. The molecule has 2 bridgehead atoms. The molecule has 1 heterocycles. The minimum Gasteiger partial charge on any atom is -0.457 e. The number of carbonyl (C=O) groups is 1. The molecule has 3 heteroatoms. The minimum absolute atomic E-state index is 0.110. The van der Waals surface area contributed by atoms with Gasteiger partial charge in [0.1, 0.15) is 5.60 Å². The Kier molecular flexibility index (Phi) is 2.57. The van der Waals surface area contributed by atoms with E-state index in [4.69, 9.17) is 9.47 Å². The van der Waals surface area contributed by atoms with Crippen LogP contribution in [-0.2, 0) is 14.3 Å². The van der Waals surface area contributed by atoms with Crippen LogP contribution in [0.5, 0.6) is 0 Å². The van der Waals surface area contributed by atoms with E-state index in [0.29, 0.717) is 11.8 Å². The topological polar surface area (TPSA) is 38.8 Å². The highest BCUT2D eigenvalue weighted by Gasteiger charge is 2.56. The van der Waals surface area contributed by atoms with Gasteiger partial charge in [-0.3, -0.25) is 0 Å². The number of esters is 1. The first-order valence-electron chi connectivity index (χ1n) is 7.71. The van der Waals surface area contributed by atoms with Crippen LogP contribution in [0.3, 0.4) is 0 Å². The minimum atomic E-state index is -0.268. The Balaban J connectivity index is 1.35. The Morgan fingerprint density at radius 2 is 2.05 bits per heavy atom. The van der Waals surface area contributed by atoms with Crippen LogP contribution in [0.4, 0.5) is 0 Å². The molecule has 3 fully saturated rings. The summed E-state index contributed by atoms with van der Waals surface area (Å²) in [5, 5.41) is 0. The van der Waals surface area contributed by atoms with Crippen LogP contribution in [0.15, 0.2) is 12.2 Å². The van der Waals surface area contributed by atoms with Crippen molar-refractivity contribution in [3.8, 4) is 0 Å². The normalized spacial score (nSPS) is 45.6. The van der Waals surface area contributed by atoms with Crippen LogP contribution >= 0.6 is 0 Å². The van der Waals surface area contributed by atoms with Crippen molar-refractivity contribution in [3.63, 3.8) is 0 Å². The van der Waals surface area contributed by atoms with Gasteiger partial charge in [0.25, 0.3) is 0 Å². The highest BCUT2D eigenvalue weighted by Crippen LogP contribution is 2.50. The molecule has 0 N–H and O–H groups in total. The maximum Gasteiger partial charge on any atom is 0.338 e. The maximum absolute atomic E-state index is 12.2. The maximum atomic E-state index is 12.2. The summed E-state index contributed by atoms with van der Waals surface area (Å²) < 4.78 is 11.4. The summed E-state index contributed by atoms with van der Waals surface area (Å²) >= 11 is 0. The van der Waals surface area contributed by atoms with E-state index < -0.39 is 0 Å². The Morgan fingerprint density at radius 3 is 2.68 bits per heavy atom. The molecule has 104 valence electrons. The largest absolute Gasteiger partial charge is 0.457 e. The van der Waals surface area contributed by atoms with E-state index >= 15 is 0 Å². The monoisotopic (exact) mass is 262 g/mol. The van der Waals surface area contributed by atoms with Gasteiger partial charge in [-0.2, -0.15) is 0 Å². The average molecular weight is 262 g/mol. The molecule has 4 rings (SSSR count). The zero-order chi connectivity index (χ0) is 13.0. The van der Waals surface area contributed by atoms with Gasteiger partial charge >= 0.3 is 5.97 Å². The lowest BCUT2D eigenvalue weighted by Crippen LogP contribution is -2.31. The molecular weight excluding hydrogens is 240 g/mol. The number of epoxide rings is 1. The number of carbonyl (C=O) groups excluding carboxylic acids is 1. The van der Waals surface area contributed by atoms with Crippen molar-refractivity contribution in [2.24, 2.45) is 17.8 Å². The van der Waals surface area contributed by atoms with E-state index in [-0.39, 0.29) is 23.8 Å². The number of rotatable bonds is 3. The molecule has 1 aliphatic heterocycles. The van der Waals surface area contributed by atoms with Gasteiger partial charge in [0, 0.05) is 0 Å². The van der Waals surface area contributed by atoms with Gasteiger partial charge in [0.2, 0.25) is 0 Å². The molecule has 5 unspecified atom stereocenters. The smallest absolute Gasteiger partial charge is 0.338 e. The molecule has 3 nitrogen and oxygen atoms in total. The number of ether oxygens (including phenoxy) is 2. The van der Waals surface area contributed by atoms with Gasteiger partial charge in [-0.1, -0.05) is 12.2 Å². The fraction of sp³-hybridized carbons (Fsp3) is 0.812. The van der Waals surface area contributed by atoms with E-state index in [0.717, 1.165) is 18.8 Å². The van der Waals surface area contributed by atoms with Gasteiger partial charge < -0.3 is 9.47 Å². The lowest BCUT2D eigenvalue weighted by atomic mass is 9.89. The first-order valence-corrected chi connectivity index (χ1v) is 7.71. The van der Waals surface area contributed by atoms with Gasteiger partial charge in [-0.25, -0.2) is 4.79 Å². The Bertz CT molecular complexity index is 422. The van der Waals surface area contributed by atoms with Crippen LogP contribution < -0.4 is 0 Å². The molecule has 1 saturated heterocycles. The van der Waals surface area contributed by atoms with Crippen molar-refractivity contribution in [2.45, 2.75) is 63.3 Å². The van der Waals surface area contributed by atoms with Gasteiger partial charge in [0.05, 0.1) is 6.10 Å². The fourth-order valence-corrected chi connectivity index (χ4v) is 4.37. The van der Waals surface area contributed by atoms with Crippen LogP contribution in [-0.4, -0.2) is 23.8 Å². The molecule has 2 saturated carbocycles. The van der Waals surface area contributed by atoms with Crippen LogP contribution in [0.2, 0.25) is 0 Å². The van der Waals surface area contributed by atoms with Crippen molar-refractivity contribution in [1.29, 1.82) is 0 Å². The van der Waals surface area contributed by atoms with Crippen molar-refractivity contribution < 1.29 is 14.3 Å². The lowest BCUT2D eigenvalue weighted by Gasteiger charge is -2.23. The second-order valence-electron chi connectivity index (χ2n) is 7.04. The van der Waals surface area contributed by atoms with Crippen LogP contribution in [0, 0.1) is 17.8 Å². The molecule has 5 atom stereocenters. The Hall–Kier alpha value is -0.830. The van der Waals surface area contributed by atoms with Gasteiger partial charge in [-0.05, 0) is 63.2 Å². The number of hydrogen-bond donors (Lipinski definition) is 0. The van der Waals surface area contributed by atoms with E-state index in [1.54, 1.807) is 0 Å². The summed E-state index contributed by atoms with van der Waals surface area (Å²) in [4.78, 5) is 12.2. The standard InChI is InChI=1S/C16H22O3/c1-16(6-2-3-7-16)19-15(17)14-13(18-14)12-9-10-4-5-11(12)8-10/h4-5,10-14H,2-3,6-9H2,1H3. The lowest BCUT2D eigenvalue weighted by molar-refractivity contribution is -0.159. The summed E-state index contributed by atoms with van der Waals surface area (Å²) in [6.07, 6.45) is 11.4. The highest BCUT2D eigenvalue weighted by molar-refractivity contribution is 5.78.